The lowest BCUT2D eigenvalue weighted by Gasteiger charge is -2.16. The van der Waals surface area contributed by atoms with Crippen LogP contribution in [0, 0.1) is 0 Å². The van der Waals surface area contributed by atoms with Gasteiger partial charge in [0.15, 0.2) is 0 Å². The van der Waals surface area contributed by atoms with Crippen molar-refractivity contribution in [2.24, 2.45) is 0 Å². The summed E-state index contributed by atoms with van der Waals surface area (Å²) in [5, 5.41) is 3.49. The van der Waals surface area contributed by atoms with E-state index in [0.29, 0.717) is 12.1 Å². The van der Waals surface area contributed by atoms with Gasteiger partial charge >= 0.3 is 0 Å². The van der Waals surface area contributed by atoms with E-state index in [-0.39, 0.29) is 0 Å². The zero-order chi connectivity index (χ0) is 11.3. The maximum Gasteiger partial charge on any atom is 0.118 e. The second-order valence-electron chi connectivity index (χ2n) is 4.27. The molecule has 0 heterocycles. The summed E-state index contributed by atoms with van der Waals surface area (Å²) in [6.07, 6.45) is 1.06. The molecule has 0 aliphatic rings. The number of hydrogen-bond acceptors (Lipinski definition) is 2. The molecule has 0 aliphatic heterocycles. The minimum atomic E-state index is 0.512. The van der Waals surface area contributed by atoms with Crippen LogP contribution in [0.25, 0.3) is 0 Å². The lowest BCUT2D eigenvalue weighted by molar-refractivity contribution is 0.414. The highest BCUT2D eigenvalue weighted by Crippen LogP contribution is 2.12. The summed E-state index contributed by atoms with van der Waals surface area (Å²) in [4.78, 5) is 0. The lowest BCUT2D eigenvalue weighted by Crippen LogP contribution is -2.33. The first-order valence-corrected chi connectivity index (χ1v) is 5.50. The Kier molecular flexibility index (Phi) is 4.63. The van der Waals surface area contributed by atoms with E-state index in [9.17, 15) is 0 Å². The third-order valence-corrected chi connectivity index (χ3v) is 2.32. The number of hydrogen-bond donors (Lipinski definition) is 1. The third kappa shape index (κ3) is 4.34. The Bertz CT molecular complexity index is 279. The highest BCUT2D eigenvalue weighted by Gasteiger charge is 2.04. The minimum absolute atomic E-state index is 0.512. The Morgan fingerprint density at radius 2 is 1.73 bits per heavy atom. The van der Waals surface area contributed by atoms with E-state index >= 15 is 0 Å². The molecule has 0 aliphatic carbocycles. The summed E-state index contributed by atoms with van der Waals surface area (Å²) in [5.74, 6) is 0.920. The van der Waals surface area contributed by atoms with E-state index in [2.05, 4.69) is 38.2 Å². The molecular weight excluding hydrogens is 186 g/mol. The average Bonchev–Trinajstić information content (AvgIpc) is 2.17. The molecule has 1 N–H and O–H groups in total. The molecule has 15 heavy (non-hydrogen) atoms. The van der Waals surface area contributed by atoms with Crippen molar-refractivity contribution < 1.29 is 4.74 Å². The molecule has 2 heteroatoms. The zero-order valence-corrected chi connectivity index (χ0v) is 10.1. The van der Waals surface area contributed by atoms with Crippen molar-refractivity contribution in [3.63, 3.8) is 0 Å². The molecule has 0 aromatic heterocycles. The second kappa shape index (κ2) is 5.76. The van der Waals surface area contributed by atoms with Crippen molar-refractivity contribution in [3.05, 3.63) is 29.8 Å². The van der Waals surface area contributed by atoms with Gasteiger partial charge in [0.25, 0.3) is 0 Å². The van der Waals surface area contributed by atoms with Gasteiger partial charge in [0.2, 0.25) is 0 Å². The SMILES string of the molecule is COc1ccc(CC(C)NC(C)C)cc1. The molecule has 0 saturated carbocycles. The van der Waals surface area contributed by atoms with Crippen molar-refractivity contribution in [1.82, 2.24) is 5.32 Å². The first-order valence-electron chi connectivity index (χ1n) is 5.50. The predicted octanol–water partition coefficient (Wildman–Crippen LogP) is 2.62. The Hall–Kier alpha value is -1.02. The molecule has 0 radical (unpaired) electrons. The van der Waals surface area contributed by atoms with E-state index in [1.807, 2.05) is 12.1 Å². The van der Waals surface area contributed by atoms with Crippen molar-refractivity contribution in [3.8, 4) is 5.75 Å². The van der Waals surface area contributed by atoms with Crippen molar-refractivity contribution >= 4 is 0 Å². The number of ether oxygens (including phenoxy) is 1. The van der Waals surface area contributed by atoms with Gasteiger partial charge in [0, 0.05) is 12.1 Å². The quantitative estimate of drug-likeness (QED) is 0.801. The Morgan fingerprint density at radius 3 is 2.20 bits per heavy atom. The summed E-state index contributed by atoms with van der Waals surface area (Å²) >= 11 is 0. The molecule has 0 fully saturated rings. The maximum atomic E-state index is 5.12. The van der Waals surface area contributed by atoms with Gasteiger partial charge in [-0.3, -0.25) is 0 Å². The summed E-state index contributed by atoms with van der Waals surface area (Å²) in [6, 6.07) is 9.32. The average molecular weight is 207 g/mol. The van der Waals surface area contributed by atoms with Gasteiger partial charge in [-0.15, -0.1) is 0 Å². The fourth-order valence-corrected chi connectivity index (χ4v) is 1.74. The molecule has 1 rings (SSSR count). The first kappa shape index (κ1) is 12.1. The van der Waals surface area contributed by atoms with Crippen molar-refractivity contribution in [2.75, 3.05) is 7.11 Å². The Labute approximate surface area is 92.6 Å². The lowest BCUT2D eigenvalue weighted by atomic mass is 10.1. The van der Waals surface area contributed by atoms with Crippen LogP contribution in [0.1, 0.15) is 26.3 Å². The van der Waals surface area contributed by atoms with Crippen LogP contribution in [-0.2, 0) is 6.42 Å². The van der Waals surface area contributed by atoms with E-state index in [0.717, 1.165) is 12.2 Å². The van der Waals surface area contributed by atoms with Crippen molar-refractivity contribution in [1.29, 1.82) is 0 Å². The van der Waals surface area contributed by atoms with Gasteiger partial charge in [-0.25, -0.2) is 0 Å². The summed E-state index contributed by atoms with van der Waals surface area (Å²) in [6.45, 7) is 6.55. The fourth-order valence-electron chi connectivity index (χ4n) is 1.74. The van der Waals surface area contributed by atoms with Gasteiger partial charge in [0.05, 0.1) is 7.11 Å². The molecule has 1 unspecified atom stereocenters. The molecule has 2 nitrogen and oxygen atoms in total. The smallest absolute Gasteiger partial charge is 0.118 e. The van der Waals surface area contributed by atoms with E-state index in [4.69, 9.17) is 4.74 Å². The van der Waals surface area contributed by atoms with Crippen LogP contribution in [0.4, 0.5) is 0 Å². The maximum absolute atomic E-state index is 5.12. The predicted molar refractivity (Wildman–Crippen MR) is 64.4 cm³/mol. The zero-order valence-electron chi connectivity index (χ0n) is 10.1. The van der Waals surface area contributed by atoms with Crippen LogP contribution in [0.5, 0.6) is 5.75 Å². The Morgan fingerprint density at radius 1 is 1.13 bits per heavy atom. The second-order valence-corrected chi connectivity index (χ2v) is 4.27. The van der Waals surface area contributed by atoms with E-state index in [1.54, 1.807) is 7.11 Å². The topological polar surface area (TPSA) is 21.3 Å². The normalized spacial score (nSPS) is 12.9. The van der Waals surface area contributed by atoms with Gasteiger partial charge in [-0.1, -0.05) is 26.0 Å². The van der Waals surface area contributed by atoms with Crippen LogP contribution in [0.2, 0.25) is 0 Å². The van der Waals surface area contributed by atoms with Crippen molar-refractivity contribution in [2.45, 2.75) is 39.3 Å². The molecule has 0 saturated heterocycles. The number of rotatable bonds is 5. The molecular formula is C13H21NO. The van der Waals surface area contributed by atoms with Crippen LogP contribution in [-0.4, -0.2) is 19.2 Å². The minimum Gasteiger partial charge on any atom is -0.497 e. The van der Waals surface area contributed by atoms with Crippen LogP contribution >= 0.6 is 0 Å². The Balaban J connectivity index is 2.49. The molecule has 1 atom stereocenters. The van der Waals surface area contributed by atoms with Gasteiger partial charge in [-0.2, -0.15) is 0 Å². The van der Waals surface area contributed by atoms with E-state index in [1.165, 1.54) is 5.56 Å². The third-order valence-electron chi connectivity index (χ3n) is 2.32. The molecule has 0 spiro atoms. The van der Waals surface area contributed by atoms with Gasteiger partial charge in [0.1, 0.15) is 5.75 Å². The van der Waals surface area contributed by atoms with Crippen LogP contribution in [0.15, 0.2) is 24.3 Å². The highest BCUT2D eigenvalue weighted by atomic mass is 16.5. The van der Waals surface area contributed by atoms with Crippen LogP contribution < -0.4 is 10.1 Å². The summed E-state index contributed by atoms with van der Waals surface area (Å²) in [7, 11) is 1.69. The summed E-state index contributed by atoms with van der Waals surface area (Å²) in [5.41, 5.74) is 1.34. The molecule has 1 aromatic rings. The first-order chi connectivity index (χ1) is 7.11. The highest BCUT2D eigenvalue weighted by molar-refractivity contribution is 5.27. The fraction of sp³-hybridized carbons (Fsp3) is 0.538. The van der Waals surface area contributed by atoms with Gasteiger partial charge < -0.3 is 10.1 Å². The monoisotopic (exact) mass is 207 g/mol. The standard InChI is InChI=1S/C13H21NO/c1-10(2)14-11(3)9-12-5-7-13(15-4)8-6-12/h5-8,10-11,14H,9H2,1-4H3. The molecule has 84 valence electrons. The number of nitrogens with one attached hydrogen (secondary N) is 1. The van der Waals surface area contributed by atoms with Gasteiger partial charge in [-0.05, 0) is 31.0 Å². The number of benzene rings is 1. The van der Waals surface area contributed by atoms with Crippen LogP contribution in [0.3, 0.4) is 0 Å². The molecule has 0 amide bonds. The summed E-state index contributed by atoms with van der Waals surface area (Å²) < 4.78 is 5.12. The van der Waals surface area contributed by atoms with E-state index < -0.39 is 0 Å². The molecule has 0 bridgehead atoms. The molecule has 1 aromatic carbocycles. The largest absolute Gasteiger partial charge is 0.497 e. The number of methoxy groups -OCH3 is 1.